The van der Waals surface area contributed by atoms with Gasteiger partial charge in [-0.1, -0.05) is 19.1 Å². The lowest BCUT2D eigenvalue weighted by Gasteiger charge is -2.30. The van der Waals surface area contributed by atoms with Crippen LogP contribution < -0.4 is 9.46 Å². The minimum Gasteiger partial charge on any atom is -0.493 e. The fourth-order valence-corrected chi connectivity index (χ4v) is 5.39. The summed E-state index contributed by atoms with van der Waals surface area (Å²) in [7, 11) is -3.36. The van der Waals surface area contributed by atoms with E-state index in [1.807, 2.05) is 37.3 Å². The van der Waals surface area contributed by atoms with E-state index < -0.39 is 10.0 Å². The molecule has 1 aromatic heterocycles. The van der Waals surface area contributed by atoms with Crippen LogP contribution in [0.1, 0.15) is 50.6 Å². The van der Waals surface area contributed by atoms with Crippen molar-refractivity contribution in [2.24, 2.45) is 0 Å². The number of aliphatic hydroxyl groups excluding tert-OH is 1. The lowest BCUT2D eigenvalue weighted by atomic mass is 9.92. The number of aromatic nitrogens is 1. The molecule has 3 aromatic rings. The molecule has 0 bridgehead atoms. The van der Waals surface area contributed by atoms with Crippen molar-refractivity contribution in [3.63, 3.8) is 0 Å². The summed E-state index contributed by atoms with van der Waals surface area (Å²) < 4.78 is 34.9. The number of nitriles is 1. The summed E-state index contributed by atoms with van der Waals surface area (Å²) >= 11 is 0. The van der Waals surface area contributed by atoms with Gasteiger partial charge in [-0.3, -0.25) is 4.72 Å². The molecule has 0 aliphatic heterocycles. The average Bonchev–Trinajstić information content (AvgIpc) is 3.06. The third-order valence-electron chi connectivity index (χ3n) is 6.00. The van der Waals surface area contributed by atoms with Crippen LogP contribution in [0.15, 0.2) is 42.5 Å². The molecule has 0 radical (unpaired) electrons. The molecule has 33 heavy (non-hydrogen) atoms. The number of benzene rings is 2. The molecule has 4 rings (SSSR count). The fraction of sp³-hybridized carbons (Fsp3) is 0.400. The van der Waals surface area contributed by atoms with Gasteiger partial charge in [0.2, 0.25) is 10.0 Å². The highest BCUT2D eigenvalue weighted by Gasteiger charge is 2.28. The zero-order valence-electron chi connectivity index (χ0n) is 18.8. The number of fused-ring (bicyclic) bond motifs is 1. The first-order chi connectivity index (χ1) is 16.0. The van der Waals surface area contributed by atoms with Crippen LogP contribution in [0.2, 0.25) is 0 Å². The third kappa shape index (κ3) is 4.85. The smallest absolute Gasteiger partial charge is 0.232 e. The van der Waals surface area contributed by atoms with Crippen LogP contribution >= 0.6 is 0 Å². The van der Waals surface area contributed by atoms with E-state index in [0.717, 1.165) is 41.4 Å². The molecule has 174 valence electrons. The van der Waals surface area contributed by atoms with Gasteiger partial charge >= 0.3 is 0 Å². The molecule has 2 aromatic carbocycles. The molecule has 0 spiro atoms. The van der Waals surface area contributed by atoms with Crippen LogP contribution in [0, 0.1) is 11.3 Å². The normalized spacial score (nSPS) is 14.1. The van der Waals surface area contributed by atoms with Crippen LogP contribution in [0.5, 0.6) is 5.75 Å². The van der Waals surface area contributed by atoms with Gasteiger partial charge in [-0.25, -0.2) is 8.42 Å². The first kappa shape index (κ1) is 23.1. The SMILES string of the molecule is CCCS(=O)(=O)Nc1ccc(-c2c(C#N)c3ccc(OCCCO)cc3n2C2CCC2)cc1. The summed E-state index contributed by atoms with van der Waals surface area (Å²) in [4.78, 5) is 0. The number of aliphatic hydroxyl groups is 1. The molecule has 0 saturated heterocycles. The van der Waals surface area contributed by atoms with E-state index in [0.29, 0.717) is 42.5 Å². The van der Waals surface area contributed by atoms with E-state index in [1.54, 1.807) is 12.1 Å². The molecule has 0 unspecified atom stereocenters. The fourth-order valence-electron chi connectivity index (χ4n) is 4.25. The van der Waals surface area contributed by atoms with Gasteiger partial charge in [0.15, 0.2) is 0 Å². The molecule has 0 amide bonds. The quantitative estimate of drug-likeness (QED) is 0.416. The molecular weight excluding hydrogens is 438 g/mol. The number of hydrogen-bond donors (Lipinski definition) is 2. The number of sulfonamides is 1. The molecule has 1 aliphatic carbocycles. The Kier molecular flexibility index (Phi) is 6.91. The number of nitrogens with one attached hydrogen (secondary N) is 1. The molecular formula is C25H29N3O4S. The van der Waals surface area contributed by atoms with Gasteiger partial charge in [-0.2, -0.15) is 5.26 Å². The number of hydrogen-bond acceptors (Lipinski definition) is 5. The number of anilines is 1. The Morgan fingerprint density at radius 2 is 1.97 bits per heavy atom. The van der Waals surface area contributed by atoms with Crippen molar-refractivity contribution in [2.75, 3.05) is 23.7 Å². The second kappa shape index (κ2) is 9.86. The van der Waals surface area contributed by atoms with Crippen molar-refractivity contribution in [1.82, 2.24) is 4.57 Å². The zero-order chi connectivity index (χ0) is 23.4. The third-order valence-corrected chi connectivity index (χ3v) is 7.50. The first-order valence-corrected chi connectivity index (χ1v) is 13.0. The molecule has 1 saturated carbocycles. The Morgan fingerprint density at radius 3 is 2.58 bits per heavy atom. The molecule has 0 atom stereocenters. The summed E-state index contributed by atoms with van der Waals surface area (Å²) in [6.45, 7) is 2.33. The summed E-state index contributed by atoms with van der Waals surface area (Å²) in [5.74, 6) is 0.789. The van der Waals surface area contributed by atoms with Crippen LogP contribution in [0.4, 0.5) is 5.69 Å². The number of ether oxygens (including phenoxy) is 1. The summed E-state index contributed by atoms with van der Waals surface area (Å²) in [6, 6.07) is 15.7. The Labute approximate surface area is 194 Å². The van der Waals surface area contributed by atoms with Crippen molar-refractivity contribution >= 4 is 26.6 Å². The molecule has 1 heterocycles. The van der Waals surface area contributed by atoms with Gasteiger partial charge in [-0.05, 0) is 55.5 Å². The van der Waals surface area contributed by atoms with Crippen LogP contribution in [-0.2, 0) is 10.0 Å². The van der Waals surface area contributed by atoms with Crippen molar-refractivity contribution in [3.05, 3.63) is 48.0 Å². The van der Waals surface area contributed by atoms with Gasteiger partial charge in [0.25, 0.3) is 0 Å². The number of rotatable bonds is 10. The first-order valence-electron chi connectivity index (χ1n) is 11.4. The van der Waals surface area contributed by atoms with E-state index in [4.69, 9.17) is 9.84 Å². The maximum Gasteiger partial charge on any atom is 0.232 e. The van der Waals surface area contributed by atoms with Crippen LogP contribution in [-0.4, -0.2) is 37.1 Å². The topological polar surface area (TPSA) is 104 Å². The lowest BCUT2D eigenvalue weighted by molar-refractivity contribution is 0.233. The van der Waals surface area contributed by atoms with Crippen molar-refractivity contribution in [2.45, 2.75) is 45.1 Å². The van der Waals surface area contributed by atoms with Crippen molar-refractivity contribution in [1.29, 1.82) is 5.26 Å². The average molecular weight is 468 g/mol. The minimum absolute atomic E-state index is 0.0754. The summed E-state index contributed by atoms with van der Waals surface area (Å²) in [5, 5.41) is 20.0. The Hall–Kier alpha value is -3.02. The van der Waals surface area contributed by atoms with E-state index in [-0.39, 0.29) is 12.4 Å². The minimum atomic E-state index is -3.36. The van der Waals surface area contributed by atoms with Gasteiger partial charge in [0.05, 0.1) is 29.1 Å². The second-order valence-corrected chi connectivity index (χ2v) is 10.2. The predicted octanol–water partition coefficient (Wildman–Crippen LogP) is 4.82. The molecule has 2 N–H and O–H groups in total. The molecule has 1 fully saturated rings. The Balaban J connectivity index is 1.77. The van der Waals surface area contributed by atoms with Gasteiger partial charge < -0.3 is 14.4 Å². The van der Waals surface area contributed by atoms with Crippen LogP contribution in [0.25, 0.3) is 22.2 Å². The van der Waals surface area contributed by atoms with E-state index >= 15 is 0 Å². The van der Waals surface area contributed by atoms with Gasteiger partial charge in [0, 0.05) is 36.2 Å². The van der Waals surface area contributed by atoms with Gasteiger partial charge in [-0.15, -0.1) is 0 Å². The Morgan fingerprint density at radius 1 is 1.21 bits per heavy atom. The highest BCUT2D eigenvalue weighted by Crippen LogP contribution is 2.43. The van der Waals surface area contributed by atoms with Crippen LogP contribution in [0.3, 0.4) is 0 Å². The molecule has 1 aliphatic rings. The largest absolute Gasteiger partial charge is 0.493 e. The predicted molar refractivity (Wildman–Crippen MR) is 130 cm³/mol. The van der Waals surface area contributed by atoms with Crippen molar-refractivity contribution < 1.29 is 18.3 Å². The standard InChI is InChI=1S/C25H29N3O4S/c1-2-15-33(30,31)27-19-9-7-18(8-10-19)25-23(17-26)22-12-11-21(32-14-4-13-29)16-24(22)28(25)20-5-3-6-20/h7-12,16,20,27,29H,2-6,13-15H2,1H3. The molecule has 8 heteroatoms. The van der Waals surface area contributed by atoms with Crippen molar-refractivity contribution in [3.8, 4) is 23.1 Å². The maximum absolute atomic E-state index is 12.1. The summed E-state index contributed by atoms with van der Waals surface area (Å²) in [5.41, 5.74) is 3.80. The highest BCUT2D eigenvalue weighted by atomic mass is 32.2. The van der Waals surface area contributed by atoms with E-state index in [1.165, 1.54) is 0 Å². The second-order valence-electron chi connectivity index (χ2n) is 8.39. The van der Waals surface area contributed by atoms with E-state index in [9.17, 15) is 13.7 Å². The lowest BCUT2D eigenvalue weighted by Crippen LogP contribution is -2.18. The maximum atomic E-state index is 12.1. The zero-order valence-corrected chi connectivity index (χ0v) is 19.6. The number of nitrogens with zero attached hydrogens (tertiary/aromatic N) is 2. The Bertz CT molecular complexity index is 1270. The molecule has 7 nitrogen and oxygen atoms in total. The van der Waals surface area contributed by atoms with E-state index in [2.05, 4.69) is 15.4 Å². The monoisotopic (exact) mass is 467 g/mol. The highest BCUT2D eigenvalue weighted by molar-refractivity contribution is 7.92. The van der Waals surface area contributed by atoms with Gasteiger partial charge in [0.1, 0.15) is 11.8 Å². The summed E-state index contributed by atoms with van der Waals surface area (Å²) in [6.07, 6.45) is 4.35.